The monoisotopic (exact) mass is 370 g/mol. The first-order valence-corrected chi connectivity index (χ1v) is 8.24. The van der Waals surface area contributed by atoms with Crippen molar-refractivity contribution in [1.29, 1.82) is 0 Å². The SMILES string of the molecule is Cc1c([C@@H](C)OC(=O)Nc2ccc(Cl)c(Cl)c2)sc2ncnn12. The first-order chi connectivity index (χ1) is 11.0. The first kappa shape index (κ1) is 16.0. The van der Waals surface area contributed by atoms with Crippen LogP contribution >= 0.6 is 34.5 Å². The lowest BCUT2D eigenvalue weighted by Crippen LogP contribution is -2.16. The van der Waals surface area contributed by atoms with Crippen LogP contribution in [-0.4, -0.2) is 20.7 Å². The summed E-state index contributed by atoms with van der Waals surface area (Å²) in [6, 6.07) is 4.81. The molecule has 0 spiro atoms. The maximum Gasteiger partial charge on any atom is 0.412 e. The molecule has 0 saturated carbocycles. The number of nitrogens with one attached hydrogen (secondary N) is 1. The van der Waals surface area contributed by atoms with E-state index in [2.05, 4.69) is 15.4 Å². The minimum Gasteiger partial charge on any atom is -0.440 e. The molecule has 0 bridgehead atoms. The number of fused-ring (bicyclic) bond motifs is 1. The number of ether oxygens (including phenoxy) is 1. The van der Waals surface area contributed by atoms with Crippen molar-refractivity contribution in [1.82, 2.24) is 14.6 Å². The molecule has 3 aromatic rings. The highest BCUT2D eigenvalue weighted by Crippen LogP contribution is 2.30. The van der Waals surface area contributed by atoms with E-state index in [-0.39, 0.29) is 0 Å². The number of carbonyl (C=O) groups excluding carboxylic acids is 1. The maximum atomic E-state index is 12.0. The maximum absolute atomic E-state index is 12.0. The van der Waals surface area contributed by atoms with Gasteiger partial charge < -0.3 is 4.74 Å². The van der Waals surface area contributed by atoms with Crippen LogP contribution in [-0.2, 0) is 4.74 Å². The van der Waals surface area contributed by atoms with Gasteiger partial charge in [0.2, 0.25) is 4.96 Å². The van der Waals surface area contributed by atoms with E-state index >= 15 is 0 Å². The summed E-state index contributed by atoms with van der Waals surface area (Å²) in [7, 11) is 0. The third-order valence-electron chi connectivity index (χ3n) is 3.21. The van der Waals surface area contributed by atoms with Crippen molar-refractivity contribution >= 4 is 51.3 Å². The van der Waals surface area contributed by atoms with Gasteiger partial charge in [-0.1, -0.05) is 34.5 Å². The normalized spacial score (nSPS) is 12.3. The van der Waals surface area contributed by atoms with Gasteiger partial charge in [-0.3, -0.25) is 5.32 Å². The summed E-state index contributed by atoms with van der Waals surface area (Å²) in [5.74, 6) is 0. The van der Waals surface area contributed by atoms with Gasteiger partial charge in [0.25, 0.3) is 0 Å². The van der Waals surface area contributed by atoms with E-state index in [1.807, 2.05) is 6.92 Å². The van der Waals surface area contributed by atoms with Crippen LogP contribution in [0.1, 0.15) is 23.6 Å². The van der Waals surface area contributed by atoms with Crippen molar-refractivity contribution < 1.29 is 9.53 Å². The summed E-state index contributed by atoms with van der Waals surface area (Å²) in [4.78, 5) is 17.8. The fraction of sp³-hybridized carbons (Fsp3) is 0.214. The van der Waals surface area contributed by atoms with Gasteiger partial charge in [0, 0.05) is 5.69 Å². The topological polar surface area (TPSA) is 68.5 Å². The van der Waals surface area contributed by atoms with Crippen LogP contribution in [0.2, 0.25) is 10.0 Å². The van der Waals surface area contributed by atoms with Crippen molar-refractivity contribution in [2.45, 2.75) is 20.0 Å². The summed E-state index contributed by atoms with van der Waals surface area (Å²) >= 11 is 13.2. The van der Waals surface area contributed by atoms with Crippen LogP contribution in [0.3, 0.4) is 0 Å². The average molecular weight is 371 g/mol. The highest BCUT2D eigenvalue weighted by Gasteiger charge is 2.19. The Morgan fingerprint density at radius 2 is 2.17 bits per heavy atom. The summed E-state index contributed by atoms with van der Waals surface area (Å²) in [5, 5.41) is 7.52. The summed E-state index contributed by atoms with van der Waals surface area (Å²) in [6.45, 7) is 3.71. The van der Waals surface area contributed by atoms with Gasteiger partial charge in [-0.05, 0) is 32.0 Å². The molecule has 2 aromatic heterocycles. The lowest BCUT2D eigenvalue weighted by molar-refractivity contribution is 0.122. The van der Waals surface area contributed by atoms with Gasteiger partial charge in [-0.25, -0.2) is 14.3 Å². The Bertz CT molecular complexity index is 877. The minimum absolute atomic E-state index is 0.360. The number of rotatable bonds is 3. The first-order valence-electron chi connectivity index (χ1n) is 6.67. The Morgan fingerprint density at radius 3 is 2.87 bits per heavy atom. The molecule has 3 rings (SSSR count). The summed E-state index contributed by atoms with van der Waals surface area (Å²) in [6.07, 6.45) is 0.492. The van der Waals surface area contributed by atoms with E-state index in [1.54, 1.807) is 29.6 Å². The minimum atomic E-state index is -0.575. The van der Waals surface area contributed by atoms with Crippen molar-refractivity contribution in [3.05, 3.63) is 45.1 Å². The zero-order valence-electron chi connectivity index (χ0n) is 12.2. The number of nitrogens with zero attached hydrogens (tertiary/aromatic N) is 3. The van der Waals surface area contributed by atoms with Crippen LogP contribution in [0, 0.1) is 6.92 Å². The molecule has 23 heavy (non-hydrogen) atoms. The van der Waals surface area contributed by atoms with Crippen LogP contribution in [0.4, 0.5) is 10.5 Å². The number of aromatic nitrogens is 3. The van der Waals surface area contributed by atoms with Crippen LogP contribution in [0.15, 0.2) is 24.5 Å². The Hall–Kier alpha value is -1.83. The predicted molar refractivity (Wildman–Crippen MR) is 90.6 cm³/mol. The molecule has 0 aliphatic heterocycles. The highest BCUT2D eigenvalue weighted by atomic mass is 35.5. The van der Waals surface area contributed by atoms with Gasteiger partial charge in [0.05, 0.1) is 20.6 Å². The van der Waals surface area contributed by atoms with Crippen molar-refractivity contribution in [3.8, 4) is 0 Å². The molecule has 0 aliphatic carbocycles. The number of anilines is 1. The van der Waals surface area contributed by atoms with Crippen molar-refractivity contribution in [2.75, 3.05) is 5.32 Å². The second kappa shape index (κ2) is 6.35. The van der Waals surface area contributed by atoms with E-state index < -0.39 is 12.2 Å². The van der Waals surface area contributed by atoms with Crippen LogP contribution < -0.4 is 5.32 Å². The van der Waals surface area contributed by atoms with E-state index in [0.29, 0.717) is 15.7 Å². The Morgan fingerprint density at radius 1 is 1.39 bits per heavy atom. The van der Waals surface area contributed by atoms with E-state index in [0.717, 1.165) is 15.5 Å². The fourth-order valence-corrected chi connectivity index (χ4v) is 3.43. The molecule has 2 heterocycles. The Kier molecular flexibility index (Phi) is 4.43. The predicted octanol–water partition coefficient (Wildman–Crippen LogP) is 4.72. The molecule has 6 nitrogen and oxygen atoms in total. The standard InChI is InChI=1S/C14H12Cl2N4O2S/c1-7-12(23-13-17-6-18-20(7)13)8(2)22-14(21)19-9-3-4-10(15)11(16)5-9/h3-6,8H,1-2H3,(H,19,21)/t8-/m1/s1. The van der Waals surface area contributed by atoms with E-state index in [1.165, 1.54) is 17.7 Å². The van der Waals surface area contributed by atoms with Crippen molar-refractivity contribution in [3.63, 3.8) is 0 Å². The molecule has 0 fully saturated rings. The summed E-state index contributed by atoms with van der Waals surface area (Å²) in [5.41, 5.74) is 1.41. The molecule has 1 atom stereocenters. The van der Waals surface area contributed by atoms with E-state index in [9.17, 15) is 4.79 Å². The molecule has 1 N–H and O–H groups in total. The molecule has 9 heteroatoms. The van der Waals surface area contributed by atoms with E-state index in [4.69, 9.17) is 27.9 Å². The smallest absolute Gasteiger partial charge is 0.412 e. The zero-order valence-corrected chi connectivity index (χ0v) is 14.5. The van der Waals surface area contributed by atoms with Gasteiger partial charge in [0.15, 0.2) is 0 Å². The number of hydrogen-bond donors (Lipinski definition) is 1. The lowest BCUT2D eigenvalue weighted by Gasteiger charge is -2.13. The molecule has 0 aliphatic rings. The third-order valence-corrected chi connectivity index (χ3v) is 5.26. The Labute approximate surface area is 146 Å². The number of benzene rings is 1. The molecule has 0 saturated heterocycles. The molecule has 1 aromatic carbocycles. The molecular formula is C14H12Cl2N4O2S. The lowest BCUT2D eigenvalue weighted by atomic mass is 10.3. The van der Waals surface area contributed by atoms with Gasteiger partial charge >= 0.3 is 6.09 Å². The molecular weight excluding hydrogens is 359 g/mol. The number of amides is 1. The summed E-state index contributed by atoms with van der Waals surface area (Å²) < 4.78 is 7.12. The van der Waals surface area contributed by atoms with Crippen LogP contribution in [0.25, 0.3) is 4.96 Å². The van der Waals surface area contributed by atoms with Gasteiger partial charge in [-0.15, -0.1) is 0 Å². The Balaban J connectivity index is 1.70. The van der Waals surface area contributed by atoms with Crippen molar-refractivity contribution in [2.24, 2.45) is 0 Å². The van der Waals surface area contributed by atoms with Gasteiger partial charge in [0.1, 0.15) is 12.4 Å². The number of carbonyl (C=O) groups is 1. The van der Waals surface area contributed by atoms with Crippen LogP contribution in [0.5, 0.6) is 0 Å². The third kappa shape index (κ3) is 3.26. The fourth-order valence-electron chi connectivity index (χ4n) is 2.12. The second-order valence-corrected chi connectivity index (χ2v) is 6.63. The highest BCUT2D eigenvalue weighted by molar-refractivity contribution is 7.17. The number of hydrogen-bond acceptors (Lipinski definition) is 5. The number of aryl methyl sites for hydroxylation is 1. The molecule has 120 valence electrons. The molecule has 1 amide bonds. The number of thiazole rings is 1. The quantitative estimate of drug-likeness (QED) is 0.724. The molecule has 0 unspecified atom stereocenters. The largest absolute Gasteiger partial charge is 0.440 e. The zero-order chi connectivity index (χ0) is 16.6. The molecule has 0 radical (unpaired) electrons. The second-order valence-electron chi connectivity index (χ2n) is 4.81. The van der Waals surface area contributed by atoms with Gasteiger partial charge in [-0.2, -0.15) is 5.10 Å². The number of halogens is 2. The average Bonchev–Trinajstić information content (AvgIpc) is 3.06.